The van der Waals surface area contributed by atoms with Crippen molar-refractivity contribution in [3.8, 4) is 0 Å². The summed E-state index contributed by atoms with van der Waals surface area (Å²) in [5.41, 5.74) is 8.91. The lowest BCUT2D eigenvalue weighted by molar-refractivity contribution is -0.146. The summed E-state index contributed by atoms with van der Waals surface area (Å²) in [7, 11) is 0. The van der Waals surface area contributed by atoms with Gasteiger partial charge in [-0.3, -0.25) is 14.4 Å². The van der Waals surface area contributed by atoms with Crippen molar-refractivity contribution in [1.82, 2.24) is 15.5 Å². The Morgan fingerprint density at radius 3 is 2.30 bits per heavy atom. The third-order valence-electron chi connectivity index (χ3n) is 10.1. The van der Waals surface area contributed by atoms with E-state index >= 15 is 0 Å². The van der Waals surface area contributed by atoms with Crippen molar-refractivity contribution in [3.05, 3.63) is 70.2 Å². The van der Waals surface area contributed by atoms with Crippen LogP contribution in [0.25, 0.3) is 0 Å². The van der Waals surface area contributed by atoms with Crippen LogP contribution in [0.15, 0.2) is 48.5 Å². The molecule has 1 heterocycles. The van der Waals surface area contributed by atoms with Crippen molar-refractivity contribution in [2.75, 3.05) is 13.1 Å². The molecule has 4 N–H and O–H groups in total. The summed E-state index contributed by atoms with van der Waals surface area (Å²) in [5.74, 6) is 0.0203. The molecule has 2 aromatic carbocycles. The molecule has 1 aliphatic heterocycles. The fraction of sp³-hybridized carbons (Fsp3) is 0.583. The van der Waals surface area contributed by atoms with Gasteiger partial charge < -0.3 is 21.3 Å². The highest BCUT2D eigenvalue weighted by atomic mass is 35.5. The molecule has 0 bridgehead atoms. The Balaban J connectivity index is 1.27. The van der Waals surface area contributed by atoms with Gasteiger partial charge in [-0.15, -0.1) is 0 Å². The highest BCUT2D eigenvalue weighted by Gasteiger charge is 2.48. The van der Waals surface area contributed by atoms with Gasteiger partial charge in [0.15, 0.2) is 0 Å². The fourth-order valence-corrected chi connectivity index (χ4v) is 7.83. The summed E-state index contributed by atoms with van der Waals surface area (Å²) < 4.78 is 0. The van der Waals surface area contributed by atoms with Crippen LogP contribution in [0.1, 0.15) is 94.9 Å². The minimum atomic E-state index is -0.435. The number of halogens is 1. The molecule has 3 amide bonds. The maximum atomic E-state index is 13.8. The van der Waals surface area contributed by atoms with Crippen LogP contribution in [0, 0.1) is 17.3 Å². The van der Waals surface area contributed by atoms with Crippen LogP contribution in [0.5, 0.6) is 0 Å². The van der Waals surface area contributed by atoms with E-state index in [1.807, 2.05) is 74.2 Å². The lowest BCUT2D eigenvalue weighted by Crippen LogP contribution is -2.57. The third-order valence-corrected chi connectivity index (χ3v) is 10.4. The zero-order chi connectivity index (χ0) is 31.5. The van der Waals surface area contributed by atoms with Crippen LogP contribution in [-0.2, 0) is 27.2 Å². The van der Waals surface area contributed by atoms with E-state index in [0.29, 0.717) is 49.7 Å². The summed E-state index contributed by atoms with van der Waals surface area (Å²) in [6.45, 7) is 7.20. The van der Waals surface area contributed by atoms with E-state index < -0.39 is 5.41 Å². The van der Waals surface area contributed by atoms with E-state index in [9.17, 15) is 14.4 Å². The molecule has 0 radical (unpaired) electrons. The van der Waals surface area contributed by atoms with Crippen LogP contribution in [0.3, 0.4) is 0 Å². The standard InChI is InChI=1S/C36H49ClN4O3/c1-35(2,3)40-34(44)36(26-10-5-4-6-11-26)17-19-41(20-18-36)31(42)23-28(21-24-13-15-27(37)16-14-24)39-33(43)30-22-25-9-7-8-12-29(25)32(30)38/h7-9,12-16,26,28,30,32H,4-6,10-11,17-23,38H2,1-3H3,(H,39,43)(H,40,44)/t28-,30-,32+/m1/s1. The average Bonchev–Trinajstić information content (AvgIpc) is 3.34. The van der Waals surface area contributed by atoms with Gasteiger partial charge in [-0.25, -0.2) is 0 Å². The first-order valence-corrected chi connectivity index (χ1v) is 16.8. The van der Waals surface area contributed by atoms with Crippen LogP contribution < -0.4 is 16.4 Å². The Hall–Kier alpha value is -2.90. The lowest BCUT2D eigenvalue weighted by atomic mass is 9.63. The summed E-state index contributed by atoms with van der Waals surface area (Å²) in [5, 5.41) is 7.13. The number of carbonyl (C=O) groups is 3. The van der Waals surface area contributed by atoms with E-state index in [1.54, 1.807) is 0 Å². The van der Waals surface area contributed by atoms with Crippen LogP contribution >= 0.6 is 11.6 Å². The van der Waals surface area contributed by atoms with E-state index in [1.165, 1.54) is 19.3 Å². The molecule has 0 unspecified atom stereocenters. The molecule has 2 aromatic rings. The van der Waals surface area contributed by atoms with Crippen LogP contribution in [0.2, 0.25) is 5.02 Å². The van der Waals surface area contributed by atoms with Crippen molar-refractivity contribution in [2.45, 2.75) is 103 Å². The second-order valence-corrected chi connectivity index (χ2v) is 14.8. The van der Waals surface area contributed by atoms with Gasteiger partial charge in [0, 0.05) is 42.2 Å². The highest BCUT2D eigenvalue weighted by molar-refractivity contribution is 6.30. The van der Waals surface area contributed by atoms with Gasteiger partial charge in [-0.2, -0.15) is 0 Å². The molecular weight excluding hydrogens is 572 g/mol. The van der Waals surface area contributed by atoms with E-state index in [2.05, 4.69) is 10.6 Å². The molecule has 44 heavy (non-hydrogen) atoms. The Kier molecular flexibility index (Phi) is 10.1. The second kappa shape index (κ2) is 13.6. The first-order chi connectivity index (χ1) is 20.9. The predicted molar refractivity (Wildman–Crippen MR) is 175 cm³/mol. The van der Waals surface area contributed by atoms with Gasteiger partial charge in [-0.05, 0) is 94.0 Å². The minimum Gasteiger partial charge on any atom is -0.352 e. The molecule has 0 aromatic heterocycles. The minimum absolute atomic E-state index is 0.0109. The Bertz CT molecular complexity index is 1320. The normalized spacial score (nSPS) is 22.6. The molecule has 2 aliphatic carbocycles. The number of hydrogen-bond donors (Lipinski definition) is 3. The largest absolute Gasteiger partial charge is 0.352 e. The Labute approximate surface area is 267 Å². The summed E-state index contributed by atoms with van der Waals surface area (Å²) in [6.07, 6.45) is 8.36. The molecule has 2 fully saturated rings. The number of amides is 3. The fourth-order valence-electron chi connectivity index (χ4n) is 7.71. The van der Waals surface area contributed by atoms with Gasteiger partial charge in [0.2, 0.25) is 17.7 Å². The van der Waals surface area contributed by atoms with Gasteiger partial charge in [0.05, 0.1) is 11.3 Å². The topological polar surface area (TPSA) is 105 Å². The Morgan fingerprint density at radius 1 is 1.00 bits per heavy atom. The quantitative estimate of drug-likeness (QED) is 0.350. The van der Waals surface area contributed by atoms with Gasteiger partial charge in [-0.1, -0.05) is 67.3 Å². The number of likely N-dealkylation sites (tertiary alicyclic amines) is 1. The van der Waals surface area contributed by atoms with Crippen LogP contribution in [-0.4, -0.2) is 47.3 Å². The molecule has 1 saturated carbocycles. The first-order valence-electron chi connectivity index (χ1n) is 16.4. The highest BCUT2D eigenvalue weighted by Crippen LogP contribution is 2.46. The number of nitrogens with zero attached hydrogens (tertiary/aromatic N) is 1. The molecule has 5 rings (SSSR count). The van der Waals surface area contributed by atoms with Crippen molar-refractivity contribution in [1.29, 1.82) is 0 Å². The van der Waals surface area contributed by atoms with Crippen molar-refractivity contribution in [2.24, 2.45) is 23.0 Å². The number of benzene rings is 2. The predicted octanol–water partition coefficient (Wildman–Crippen LogP) is 5.73. The molecule has 238 valence electrons. The molecule has 7 nitrogen and oxygen atoms in total. The number of hydrogen-bond acceptors (Lipinski definition) is 4. The molecule has 0 spiro atoms. The maximum absolute atomic E-state index is 13.8. The number of nitrogens with two attached hydrogens (primary N) is 1. The van der Waals surface area contributed by atoms with Gasteiger partial charge in [0.25, 0.3) is 0 Å². The summed E-state index contributed by atoms with van der Waals surface area (Å²) >= 11 is 6.13. The lowest BCUT2D eigenvalue weighted by Gasteiger charge is -2.47. The SMILES string of the molecule is CC(C)(C)NC(=O)C1(C2CCCCC2)CCN(C(=O)C[C@@H](Cc2ccc(Cl)cc2)NC(=O)[C@@H]2Cc3ccccc3[C@@H]2N)CC1. The first kappa shape index (κ1) is 32.5. The monoisotopic (exact) mass is 620 g/mol. The molecule has 1 saturated heterocycles. The van der Waals surface area contributed by atoms with Gasteiger partial charge in [0.1, 0.15) is 0 Å². The summed E-state index contributed by atoms with van der Waals surface area (Å²) in [6, 6.07) is 14.7. The van der Waals surface area contributed by atoms with Crippen molar-refractivity contribution in [3.63, 3.8) is 0 Å². The number of carbonyl (C=O) groups excluding carboxylic acids is 3. The second-order valence-electron chi connectivity index (χ2n) is 14.4. The zero-order valence-electron chi connectivity index (χ0n) is 26.5. The van der Waals surface area contributed by atoms with E-state index in [4.69, 9.17) is 17.3 Å². The number of nitrogens with one attached hydrogen (secondary N) is 2. The average molecular weight is 621 g/mol. The smallest absolute Gasteiger partial charge is 0.227 e. The Morgan fingerprint density at radius 2 is 1.66 bits per heavy atom. The van der Waals surface area contributed by atoms with Gasteiger partial charge >= 0.3 is 0 Å². The maximum Gasteiger partial charge on any atom is 0.227 e. The number of rotatable bonds is 8. The number of fused-ring (bicyclic) bond motifs is 1. The van der Waals surface area contributed by atoms with Crippen molar-refractivity contribution >= 4 is 29.3 Å². The molecule has 3 atom stereocenters. The third kappa shape index (κ3) is 7.48. The van der Waals surface area contributed by atoms with Crippen LogP contribution in [0.4, 0.5) is 0 Å². The summed E-state index contributed by atoms with van der Waals surface area (Å²) in [4.78, 5) is 43.1. The molecular formula is C36H49ClN4O3. The molecule has 8 heteroatoms. The molecule has 3 aliphatic rings. The van der Waals surface area contributed by atoms with E-state index in [-0.39, 0.29) is 47.7 Å². The van der Waals surface area contributed by atoms with E-state index in [0.717, 1.165) is 29.5 Å². The zero-order valence-corrected chi connectivity index (χ0v) is 27.3. The number of piperidine rings is 1. The van der Waals surface area contributed by atoms with Crippen molar-refractivity contribution < 1.29 is 14.4 Å².